The van der Waals surface area contributed by atoms with Crippen LogP contribution in [0, 0.1) is 5.82 Å². The fraction of sp³-hybridized carbons (Fsp3) is 0.133. The van der Waals surface area contributed by atoms with Crippen LogP contribution in [0.5, 0.6) is 0 Å². The predicted octanol–water partition coefficient (Wildman–Crippen LogP) is 3.88. The molecule has 0 saturated heterocycles. The molecule has 20 heavy (non-hydrogen) atoms. The normalized spacial score (nSPS) is 10.2. The second kappa shape index (κ2) is 6.39. The van der Waals surface area contributed by atoms with E-state index in [4.69, 9.17) is 16.3 Å². The van der Waals surface area contributed by atoms with Gasteiger partial charge in [0.1, 0.15) is 0 Å². The van der Waals surface area contributed by atoms with Crippen molar-refractivity contribution in [3.8, 4) is 0 Å². The van der Waals surface area contributed by atoms with Crippen LogP contribution in [0.3, 0.4) is 0 Å². The standard InChI is InChI=1S/C15H13ClFNO2/c1-20-15(19)11-6-3-2-5-10(11)9-18-13-8-4-7-12(16)14(13)17/h2-8,18H,9H2,1H3. The molecule has 3 nitrogen and oxygen atoms in total. The Morgan fingerprint density at radius 2 is 2.00 bits per heavy atom. The zero-order valence-corrected chi connectivity index (χ0v) is 11.6. The van der Waals surface area contributed by atoms with Crippen LogP contribution in [0.1, 0.15) is 15.9 Å². The topological polar surface area (TPSA) is 38.3 Å². The highest BCUT2D eigenvalue weighted by Crippen LogP contribution is 2.23. The predicted molar refractivity (Wildman–Crippen MR) is 76.5 cm³/mol. The summed E-state index contributed by atoms with van der Waals surface area (Å²) in [5.74, 6) is -0.932. The van der Waals surface area contributed by atoms with Gasteiger partial charge in [-0.15, -0.1) is 0 Å². The Bertz CT molecular complexity index is 631. The molecule has 0 unspecified atom stereocenters. The van der Waals surface area contributed by atoms with Crippen molar-refractivity contribution in [2.75, 3.05) is 12.4 Å². The quantitative estimate of drug-likeness (QED) is 0.870. The van der Waals surface area contributed by atoms with Crippen LogP contribution in [0.25, 0.3) is 0 Å². The van der Waals surface area contributed by atoms with Gasteiger partial charge in [-0.2, -0.15) is 0 Å². The van der Waals surface area contributed by atoms with E-state index in [1.807, 2.05) is 0 Å². The van der Waals surface area contributed by atoms with E-state index in [1.165, 1.54) is 13.2 Å². The number of anilines is 1. The molecule has 0 aliphatic heterocycles. The van der Waals surface area contributed by atoms with Crippen LogP contribution >= 0.6 is 11.6 Å². The SMILES string of the molecule is COC(=O)c1ccccc1CNc1cccc(Cl)c1F. The van der Waals surface area contributed by atoms with Gasteiger partial charge in [0.25, 0.3) is 0 Å². The van der Waals surface area contributed by atoms with Crippen LogP contribution < -0.4 is 5.32 Å². The van der Waals surface area contributed by atoms with Gasteiger partial charge in [-0.05, 0) is 23.8 Å². The minimum absolute atomic E-state index is 0.0521. The van der Waals surface area contributed by atoms with Gasteiger partial charge in [0.2, 0.25) is 0 Å². The van der Waals surface area contributed by atoms with Crippen molar-refractivity contribution in [1.29, 1.82) is 0 Å². The van der Waals surface area contributed by atoms with Crippen LogP contribution in [0.2, 0.25) is 5.02 Å². The second-order valence-electron chi connectivity index (χ2n) is 4.10. The highest BCUT2D eigenvalue weighted by molar-refractivity contribution is 6.31. The van der Waals surface area contributed by atoms with E-state index in [2.05, 4.69) is 5.32 Å². The molecular formula is C15H13ClFNO2. The Balaban J connectivity index is 2.19. The molecule has 0 aromatic heterocycles. The van der Waals surface area contributed by atoms with Crippen molar-refractivity contribution < 1.29 is 13.9 Å². The van der Waals surface area contributed by atoms with E-state index in [0.717, 1.165) is 5.56 Å². The highest BCUT2D eigenvalue weighted by Gasteiger charge is 2.11. The lowest BCUT2D eigenvalue weighted by molar-refractivity contribution is 0.0599. The number of esters is 1. The van der Waals surface area contributed by atoms with E-state index >= 15 is 0 Å². The molecule has 0 aliphatic rings. The minimum Gasteiger partial charge on any atom is -0.465 e. The molecule has 0 bridgehead atoms. The molecule has 2 rings (SSSR count). The van der Waals surface area contributed by atoms with Crippen molar-refractivity contribution in [3.05, 3.63) is 64.4 Å². The van der Waals surface area contributed by atoms with E-state index in [1.54, 1.807) is 36.4 Å². The molecule has 0 aliphatic carbocycles. The van der Waals surface area contributed by atoms with Crippen molar-refractivity contribution in [3.63, 3.8) is 0 Å². The Hall–Kier alpha value is -2.07. The molecular weight excluding hydrogens is 281 g/mol. The molecule has 2 aromatic rings. The van der Waals surface area contributed by atoms with Crippen LogP contribution in [0.15, 0.2) is 42.5 Å². The average molecular weight is 294 g/mol. The van der Waals surface area contributed by atoms with E-state index in [0.29, 0.717) is 12.1 Å². The molecule has 104 valence electrons. The summed E-state index contributed by atoms with van der Waals surface area (Å²) in [7, 11) is 1.32. The minimum atomic E-state index is -0.510. The lowest BCUT2D eigenvalue weighted by Crippen LogP contribution is -2.09. The summed E-state index contributed by atoms with van der Waals surface area (Å²) in [4.78, 5) is 11.6. The number of rotatable bonds is 4. The number of hydrogen-bond donors (Lipinski definition) is 1. The molecule has 2 aromatic carbocycles. The molecule has 0 atom stereocenters. The zero-order valence-electron chi connectivity index (χ0n) is 10.8. The second-order valence-corrected chi connectivity index (χ2v) is 4.51. The first-order valence-corrected chi connectivity index (χ1v) is 6.35. The molecule has 0 amide bonds. The summed E-state index contributed by atoms with van der Waals surface area (Å²) < 4.78 is 18.5. The van der Waals surface area contributed by atoms with Gasteiger partial charge in [-0.1, -0.05) is 35.9 Å². The number of methoxy groups -OCH3 is 1. The number of carbonyl (C=O) groups is 1. The summed E-state index contributed by atoms with van der Waals surface area (Å²) in [6, 6.07) is 11.7. The molecule has 5 heteroatoms. The van der Waals surface area contributed by atoms with E-state index in [-0.39, 0.29) is 10.7 Å². The molecule has 0 radical (unpaired) electrons. The third-order valence-electron chi connectivity index (χ3n) is 2.84. The van der Waals surface area contributed by atoms with Gasteiger partial charge >= 0.3 is 5.97 Å². The van der Waals surface area contributed by atoms with Crippen molar-refractivity contribution >= 4 is 23.3 Å². The van der Waals surface area contributed by atoms with Gasteiger partial charge < -0.3 is 10.1 Å². The lowest BCUT2D eigenvalue weighted by atomic mass is 10.1. The first-order chi connectivity index (χ1) is 9.63. The molecule has 0 heterocycles. The fourth-order valence-corrected chi connectivity index (χ4v) is 1.99. The Morgan fingerprint density at radius 1 is 1.25 bits per heavy atom. The van der Waals surface area contributed by atoms with Crippen LogP contribution in [-0.4, -0.2) is 13.1 Å². The van der Waals surface area contributed by atoms with Gasteiger partial charge in [0.15, 0.2) is 5.82 Å². The zero-order chi connectivity index (χ0) is 14.5. The third kappa shape index (κ3) is 3.08. The van der Waals surface area contributed by atoms with Crippen molar-refractivity contribution in [2.45, 2.75) is 6.54 Å². The summed E-state index contributed by atoms with van der Waals surface area (Å²) >= 11 is 5.71. The summed E-state index contributed by atoms with van der Waals surface area (Å²) in [6.07, 6.45) is 0. The van der Waals surface area contributed by atoms with E-state index in [9.17, 15) is 9.18 Å². The van der Waals surface area contributed by atoms with Gasteiger partial charge in [0.05, 0.1) is 23.4 Å². The molecule has 0 saturated carbocycles. The lowest BCUT2D eigenvalue weighted by Gasteiger charge is -2.11. The summed E-state index contributed by atoms with van der Waals surface area (Å²) in [5.41, 5.74) is 1.46. The third-order valence-corrected chi connectivity index (χ3v) is 3.14. The Labute approximate surface area is 121 Å². The number of ether oxygens (including phenoxy) is 1. The number of hydrogen-bond acceptors (Lipinski definition) is 3. The van der Waals surface area contributed by atoms with E-state index < -0.39 is 11.8 Å². The maximum absolute atomic E-state index is 13.7. The van der Waals surface area contributed by atoms with Crippen molar-refractivity contribution in [2.24, 2.45) is 0 Å². The van der Waals surface area contributed by atoms with Crippen molar-refractivity contribution in [1.82, 2.24) is 0 Å². The first kappa shape index (κ1) is 14.3. The molecule has 1 N–H and O–H groups in total. The fourth-order valence-electron chi connectivity index (χ4n) is 1.81. The van der Waals surface area contributed by atoms with Gasteiger partial charge in [-0.3, -0.25) is 0 Å². The Morgan fingerprint density at radius 3 is 2.75 bits per heavy atom. The Kier molecular flexibility index (Phi) is 4.58. The molecule has 0 spiro atoms. The largest absolute Gasteiger partial charge is 0.465 e. The van der Waals surface area contributed by atoms with Gasteiger partial charge in [0, 0.05) is 6.54 Å². The number of carbonyl (C=O) groups excluding carboxylic acids is 1. The maximum Gasteiger partial charge on any atom is 0.338 e. The highest BCUT2D eigenvalue weighted by atomic mass is 35.5. The number of benzene rings is 2. The van der Waals surface area contributed by atoms with Crippen LogP contribution in [0.4, 0.5) is 10.1 Å². The summed E-state index contributed by atoms with van der Waals surface area (Å²) in [5, 5.41) is 2.97. The maximum atomic E-state index is 13.7. The first-order valence-electron chi connectivity index (χ1n) is 5.97. The average Bonchev–Trinajstić information content (AvgIpc) is 2.48. The number of nitrogens with one attached hydrogen (secondary N) is 1. The molecule has 0 fully saturated rings. The smallest absolute Gasteiger partial charge is 0.338 e. The van der Waals surface area contributed by atoms with Gasteiger partial charge in [-0.25, -0.2) is 9.18 Å². The number of halogens is 2. The van der Waals surface area contributed by atoms with Crippen LogP contribution in [-0.2, 0) is 11.3 Å². The monoisotopic (exact) mass is 293 g/mol. The summed E-state index contributed by atoms with van der Waals surface area (Å²) in [6.45, 7) is 0.294.